The fourth-order valence-corrected chi connectivity index (χ4v) is 2.75. The van der Waals surface area contributed by atoms with Crippen molar-refractivity contribution in [3.63, 3.8) is 0 Å². The number of hydrogen-bond acceptors (Lipinski definition) is 4. The van der Waals surface area contributed by atoms with Crippen molar-refractivity contribution in [3.05, 3.63) is 53.0 Å². The van der Waals surface area contributed by atoms with Gasteiger partial charge in [0.25, 0.3) is 5.91 Å². The van der Waals surface area contributed by atoms with Crippen LogP contribution in [0.5, 0.6) is 0 Å². The largest absolute Gasteiger partial charge is 0.352 e. The first-order valence-electron chi connectivity index (χ1n) is 6.04. The minimum atomic E-state index is -0.512. The lowest BCUT2D eigenvalue weighted by atomic mass is 10.2. The van der Waals surface area contributed by atoms with Gasteiger partial charge in [-0.25, -0.2) is 4.39 Å². The third-order valence-corrected chi connectivity index (χ3v) is 3.79. The Morgan fingerprint density at radius 3 is 3.10 bits per heavy atom. The molecule has 0 radical (unpaired) electrons. The Morgan fingerprint density at radius 2 is 2.25 bits per heavy atom. The maximum atomic E-state index is 13.4. The van der Waals surface area contributed by atoms with E-state index >= 15 is 0 Å². The van der Waals surface area contributed by atoms with Crippen molar-refractivity contribution in [2.75, 3.05) is 6.54 Å². The Kier molecular flexibility index (Phi) is 3.42. The molecule has 102 valence electrons. The zero-order valence-electron chi connectivity index (χ0n) is 10.4. The highest BCUT2D eigenvalue weighted by Crippen LogP contribution is 2.13. The number of nitrogens with one attached hydrogen (secondary N) is 1. The van der Waals surface area contributed by atoms with Crippen molar-refractivity contribution in [1.82, 2.24) is 19.9 Å². The predicted octanol–water partition coefficient (Wildman–Crippen LogP) is 1.90. The Morgan fingerprint density at radius 1 is 1.40 bits per heavy atom. The Hall–Kier alpha value is -2.28. The van der Waals surface area contributed by atoms with E-state index in [1.807, 2.05) is 9.78 Å². The third-order valence-electron chi connectivity index (χ3n) is 2.91. The fourth-order valence-electron chi connectivity index (χ4n) is 1.90. The van der Waals surface area contributed by atoms with Crippen LogP contribution in [-0.4, -0.2) is 27.0 Å². The zero-order valence-corrected chi connectivity index (χ0v) is 11.2. The second-order valence-corrected chi connectivity index (χ2v) is 5.03. The first-order chi connectivity index (χ1) is 9.75. The van der Waals surface area contributed by atoms with Crippen LogP contribution >= 0.6 is 11.3 Å². The standard InChI is InChI=1S/C13H11FN4OS/c14-11-4-2-1-3-10(11)12(19)15-6-5-9-7-20-13-17-16-8-18(9)13/h1-4,7-8H,5-6H2,(H,15,19). The molecule has 1 aromatic carbocycles. The van der Waals surface area contributed by atoms with Gasteiger partial charge in [-0.2, -0.15) is 0 Å². The summed E-state index contributed by atoms with van der Waals surface area (Å²) in [6, 6.07) is 5.93. The molecular weight excluding hydrogens is 279 g/mol. The Balaban J connectivity index is 1.62. The summed E-state index contributed by atoms with van der Waals surface area (Å²) in [4.78, 5) is 12.6. The molecule has 0 saturated carbocycles. The average Bonchev–Trinajstić information content (AvgIpc) is 3.03. The van der Waals surface area contributed by atoms with E-state index in [0.29, 0.717) is 13.0 Å². The highest BCUT2D eigenvalue weighted by Gasteiger charge is 2.10. The van der Waals surface area contributed by atoms with E-state index in [0.717, 1.165) is 10.7 Å². The van der Waals surface area contributed by atoms with Crippen LogP contribution in [0.3, 0.4) is 0 Å². The topological polar surface area (TPSA) is 59.3 Å². The Bertz CT molecular complexity index is 752. The van der Waals surface area contributed by atoms with Crippen LogP contribution in [0.2, 0.25) is 0 Å². The number of thiazole rings is 1. The molecule has 0 aliphatic carbocycles. The summed E-state index contributed by atoms with van der Waals surface area (Å²) in [5, 5.41) is 12.4. The van der Waals surface area contributed by atoms with Crippen LogP contribution in [-0.2, 0) is 6.42 Å². The number of hydrogen-bond donors (Lipinski definition) is 1. The summed E-state index contributed by atoms with van der Waals surface area (Å²) in [5.74, 6) is -0.917. The average molecular weight is 290 g/mol. The van der Waals surface area contributed by atoms with Gasteiger partial charge in [-0.1, -0.05) is 12.1 Å². The molecule has 5 nitrogen and oxygen atoms in total. The number of carbonyl (C=O) groups excluding carboxylic acids is 1. The smallest absolute Gasteiger partial charge is 0.254 e. The summed E-state index contributed by atoms with van der Waals surface area (Å²) in [5.41, 5.74) is 1.08. The van der Waals surface area contributed by atoms with Crippen LogP contribution < -0.4 is 5.32 Å². The molecular formula is C13H11FN4OS. The number of amides is 1. The SMILES string of the molecule is O=C(NCCc1csc2nncn12)c1ccccc1F. The monoisotopic (exact) mass is 290 g/mol. The predicted molar refractivity (Wildman–Crippen MR) is 73.3 cm³/mol. The zero-order chi connectivity index (χ0) is 13.9. The first kappa shape index (κ1) is 12.7. The van der Waals surface area contributed by atoms with Gasteiger partial charge in [0.15, 0.2) is 0 Å². The minimum Gasteiger partial charge on any atom is -0.352 e. The number of aromatic nitrogens is 3. The molecule has 7 heteroatoms. The van der Waals surface area contributed by atoms with Crippen molar-refractivity contribution in [3.8, 4) is 0 Å². The van der Waals surface area contributed by atoms with Crippen LogP contribution in [0.4, 0.5) is 4.39 Å². The van der Waals surface area contributed by atoms with Gasteiger partial charge >= 0.3 is 0 Å². The van der Waals surface area contributed by atoms with Gasteiger partial charge in [0.1, 0.15) is 12.1 Å². The molecule has 0 unspecified atom stereocenters. The molecule has 0 aliphatic heterocycles. The van der Waals surface area contributed by atoms with Crippen LogP contribution in [0.15, 0.2) is 36.0 Å². The van der Waals surface area contributed by atoms with Crippen LogP contribution in [0, 0.1) is 5.82 Å². The van der Waals surface area contributed by atoms with Gasteiger partial charge in [0.2, 0.25) is 4.96 Å². The van der Waals surface area contributed by atoms with E-state index in [9.17, 15) is 9.18 Å². The molecule has 0 atom stereocenters. The number of fused-ring (bicyclic) bond motifs is 1. The van der Waals surface area contributed by atoms with Crippen molar-refractivity contribution in [2.45, 2.75) is 6.42 Å². The van der Waals surface area contributed by atoms with Gasteiger partial charge in [0, 0.05) is 24.0 Å². The maximum Gasteiger partial charge on any atom is 0.254 e. The lowest BCUT2D eigenvalue weighted by molar-refractivity contribution is 0.0950. The third kappa shape index (κ3) is 2.39. The molecule has 1 N–H and O–H groups in total. The van der Waals surface area contributed by atoms with Gasteiger partial charge in [0.05, 0.1) is 5.56 Å². The second-order valence-electron chi connectivity index (χ2n) is 4.20. The molecule has 0 spiro atoms. The lowest BCUT2D eigenvalue weighted by Gasteiger charge is -2.05. The summed E-state index contributed by atoms with van der Waals surface area (Å²) in [6.45, 7) is 0.428. The van der Waals surface area contributed by atoms with E-state index in [2.05, 4.69) is 15.5 Å². The second kappa shape index (κ2) is 5.38. The van der Waals surface area contributed by atoms with Crippen molar-refractivity contribution in [2.24, 2.45) is 0 Å². The van der Waals surface area contributed by atoms with E-state index in [1.165, 1.54) is 23.5 Å². The van der Waals surface area contributed by atoms with Crippen molar-refractivity contribution < 1.29 is 9.18 Å². The highest BCUT2D eigenvalue weighted by atomic mass is 32.1. The molecule has 0 saturated heterocycles. The van der Waals surface area contributed by atoms with Gasteiger partial charge < -0.3 is 5.32 Å². The van der Waals surface area contributed by atoms with Crippen molar-refractivity contribution in [1.29, 1.82) is 0 Å². The summed E-state index contributed by atoms with van der Waals surface area (Å²) in [7, 11) is 0. The number of halogens is 1. The van der Waals surface area contributed by atoms with Crippen LogP contribution in [0.25, 0.3) is 4.96 Å². The summed E-state index contributed by atoms with van der Waals surface area (Å²) >= 11 is 1.49. The molecule has 2 aromatic heterocycles. The Labute approximate surface area is 118 Å². The number of carbonyl (C=O) groups is 1. The molecule has 0 aliphatic rings. The number of nitrogens with zero attached hydrogens (tertiary/aromatic N) is 3. The molecule has 3 rings (SSSR count). The van der Waals surface area contributed by atoms with E-state index in [4.69, 9.17) is 0 Å². The molecule has 3 aromatic rings. The maximum absolute atomic E-state index is 13.4. The molecule has 0 fully saturated rings. The number of rotatable bonds is 4. The van der Waals surface area contributed by atoms with Crippen molar-refractivity contribution >= 4 is 22.2 Å². The quantitative estimate of drug-likeness (QED) is 0.798. The molecule has 0 bridgehead atoms. The number of benzene rings is 1. The molecule has 20 heavy (non-hydrogen) atoms. The van der Waals surface area contributed by atoms with Gasteiger partial charge in [-0.15, -0.1) is 21.5 Å². The van der Waals surface area contributed by atoms with E-state index in [1.54, 1.807) is 18.5 Å². The minimum absolute atomic E-state index is 0.0623. The molecule has 1 amide bonds. The summed E-state index contributed by atoms with van der Waals surface area (Å²) in [6.07, 6.45) is 2.28. The highest BCUT2D eigenvalue weighted by molar-refractivity contribution is 7.15. The fraction of sp³-hybridized carbons (Fsp3) is 0.154. The first-order valence-corrected chi connectivity index (χ1v) is 6.92. The molecule has 2 heterocycles. The summed E-state index contributed by atoms with van der Waals surface area (Å²) < 4.78 is 15.3. The van der Waals surface area contributed by atoms with E-state index < -0.39 is 11.7 Å². The van der Waals surface area contributed by atoms with Crippen LogP contribution in [0.1, 0.15) is 16.1 Å². The van der Waals surface area contributed by atoms with Gasteiger partial charge in [-0.3, -0.25) is 9.20 Å². The lowest BCUT2D eigenvalue weighted by Crippen LogP contribution is -2.26. The normalized spacial score (nSPS) is 10.8. The van der Waals surface area contributed by atoms with E-state index in [-0.39, 0.29) is 5.56 Å². The van der Waals surface area contributed by atoms with Gasteiger partial charge in [-0.05, 0) is 12.1 Å².